The quantitative estimate of drug-likeness (QED) is 0.240. The third-order valence-electron chi connectivity index (χ3n) is 6.79. The number of hydrogen-bond acceptors (Lipinski definition) is 7. The number of fused-ring (bicyclic) bond motifs is 1. The first-order chi connectivity index (χ1) is 20.2. The molecule has 0 amide bonds. The van der Waals surface area contributed by atoms with E-state index in [-0.39, 0.29) is 53.2 Å². The molecule has 5 aromatic rings. The lowest BCUT2D eigenvalue weighted by Gasteiger charge is -2.27. The van der Waals surface area contributed by atoms with E-state index in [9.17, 15) is 18.7 Å². The molecular formula is C29H21F4N5O4. The predicted octanol–water partition coefficient (Wildman–Crippen LogP) is 5.10. The highest BCUT2D eigenvalue weighted by Crippen LogP contribution is 2.28. The summed E-state index contributed by atoms with van der Waals surface area (Å²) in [6.07, 6.45) is 1.42. The van der Waals surface area contributed by atoms with Gasteiger partial charge in [0.15, 0.2) is 17.2 Å². The highest BCUT2D eigenvalue weighted by molar-refractivity contribution is 5.88. The van der Waals surface area contributed by atoms with Gasteiger partial charge in [0, 0.05) is 30.7 Å². The number of carboxylic acids is 1. The Labute approximate surface area is 235 Å². The third kappa shape index (κ3) is 5.50. The van der Waals surface area contributed by atoms with Crippen LogP contribution < -0.4 is 4.74 Å². The Balaban J connectivity index is 1.27. The van der Waals surface area contributed by atoms with E-state index in [1.54, 1.807) is 4.57 Å². The van der Waals surface area contributed by atoms with Crippen molar-refractivity contribution >= 4 is 17.1 Å². The molecule has 1 atom stereocenters. The summed E-state index contributed by atoms with van der Waals surface area (Å²) in [6, 6.07) is 10.0. The van der Waals surface area contributed by atoms with E-state index in [4.69, 9.17) is 9.47 Å². The first kappa shape index (κ1) is 27.3. The largest absolute Gasteiger partial charge is 0.477 e. The van der Waals surface area contributed by atoms with Crippen molar-refractivity contribution in [2.24, 2.45) is 0 Å². The molecule has 6 rings (SSSR count). The van der Waals surface area contributed by atoms with Crippen LogP contribution in [0.3, 0.4) is 0 Å². The van der Waals surface area contributed by atoms with Crippen molar-refractivity contribution in [2.45, 2.75) is 32.1 Å². The normalized spacial score (nSPS) is 14.6. The number of carboxylic acid groups (broad SMARTS) is 1. The van der Waals surface area contributed by atoms with Gasteiger partial charge in [-0.3, -0.25) is 4.98 Å². The number of carbonyl (C=O) groups is 1. The second-order valence-corrected chi connectivity index (χ2v) is 9.60. The van der Waals surface area contributed by atoms with Gasteiger partial charge >= 0.3 is 5.97 Å². The maximum atomic E-state index is 15.4. The van der Waals surface area contributed by atoms with Crippen LogP contribution in [0.25, 0.3) is 22.4 Å². The van der Waals surface area contributed by atoms with Gasteiger partial charge in [-0.1, -0.05) is 6.07 Å². The van der Waals surface area contributed by atoms with Gasteiger partial charge in [0.05, 0.1) is 24.5 Å². The number of rotatable bonds is 9. The lowest BCUT2D eigenvalue weighted by Crippen LogP contribution is -2.32. The van der Waals surface area contributed by atoms with Crippen LogP contribution in [0.5, 0.6) is 5.88 Å². The van der Waals surface area contributed by atoms with Crippen molar-refractivity contribution in [2.75, 3.05) is 6.61 Å². The van der Waals surface area contributed by atoms with Crippen LogP contribution in [0.2, 0.25) is 0 Å². The molecule has 1 saturated heterocycles. The Morgan fingerprint density at radius 3 is 2.60 bits per heavy atom. The molecule has 4 aromatic heterocycles. The zero-order chi connectivity index (χ0) is 29.4. The standard InChI is InChI=1S/C29H21F4N5O4/c30-16-10-21(33)25(34-12-16)14-42-27-3-1-2-22(36-27)18-11-19(31)15(8-20(18)32)9-26-35-23-4-5-24(29(39)40)37-28(23)38(26)13-17-6-7-41-17/h1-5,8,10-12,17H,6-7,9,13-14H2,(H,39,40)/t17-/m0/s1. The minimum Gasteiger partial charge on any atom is -0.477 e. The highest BCUT2D eigenvalue weighted by Gasteiger charge is 2.24. The zero-order valence-corrected chi connectivity index (χ0v) is 21.7. The average Bonchev–Trinajstić information content (AvgIpc) is 3.28. The summed E-state index contributed by atoms with van der Waals surface area (Å²) < 4.78 is 70.3. The van der Waals surface area contributed by atoms with Gasteiger partial charge in [0.2, 0.25) is 5.88 Å². The molecular weight excluding hydrogens is 558 g/mol. The Morgan fingerprint density at radius 2 is 1.86 bits per heavy atom. The number of pyridine rings is 3. The lowest BCUT2D eigenvalue weighted by atomic mass is 10.0. The van der Waals surface area contributed by atoms with Crippen molar-refractivity contribution in [3.63, 3.8) is 0 Å². The van der Waals surface area contributed by atoms with Crippen LogP contribution >= 0.6 is 0 Å². The minimum atomic E-state index is -1.20. The summed E-state index contributed by atoms with van der Waals surface area (Å²) in [5.41, 5.74) is 0.391. The second kappa shape index (κ2) is 11.2. The molecule has 0 saturated carbocycles. The van der Waals surface area contributed by atoms with E-state index in [0.717, 1.165) is 24.8 Å². The number of imidazole rings is 1. The summed E-state index contributed by atoms with van der Waals surface area (Å²) in [5.74, 6) is -4.00. The van der Waals surface area contributed by atoms with Crippen molar-refractivity contribution in [1.82, 2.24) is 24.5 Å². The van der Waals surface area contributed by atoms with Gasteiger partial charge in [-0.25, -0.2) is 37.3 Å². The molecule has 0 aliphatic carbocycles. The number of benzene rings is 1. The monoisotopic (exact) mass is 579 g/mol. The Hall–Kier alpha value is -4.91. The third-order valence-corrected chi connectivity index (χ3v) is 6.79. The number of aromatic nitrogens is 5. The second-order valence-electron chi connectivity index (χ2n) is 9.60. The maximum absolute atomic E-state index is 15.4. The molecule has 0 bridgehead atoms. The van der Waals surface area contributed by atoms with Gasteiger partial charge in [0.25, 0.3) is 0 Å². The van der Waals surface area contributed by atoms with Gasteiger partial charge in [-0.2, -0.15) is 0 Å². The highest BCUT2D eigenvalue weighted by atomic mass is 19.1. The van der Waals surface area contributed by atoms with E-state index < -0.39 is 29.2 Å². The summed E-state index contributed by atoms with van der Waals surface area (Å²) >= 11 is 0. The molecule has 1 aliphatic rings. The van der Waals surface area contributed by atoms with E-state index in [1.165, 1.54) is 30.3 Å². The first-order valence-electron chi connectivity index (χ1n) is 12.8. The number of halogens is 4. The van der Waals surface area contributed by atoms with Crippen molar-refractivity contribution in [3.8, 4) is 17.1 Å². The number of nitrogens with zero attached hydrogens (tertiary/aromatic N) is 5. The van der Waals surface area contributed by atoms with Crippen LogP contribution in [0.4, 0.5) is 17.6 Å². The van der Waals surface area contributed by atoms with Gasteiger partial charge in [0.1, 0.15) is 41.1 Å². The van der Waals surface area contributed by atoms with Crippen molar-refractivity contribution in [3.05, 3.63) is 101 Å². The first-order valence-corrected chi connectivity index (χ1v) is 12.8. The molecule has 5 heterocycles. The van der Waals surface area contributed by atoms with Gasteiger partial charge in [-0.15, -0.1) is 0 Å². The zero-order valence-electron chi connectivity index (χ0n) is 21.7. The van der Waals surface area contributed by atoms with Gasteiger partial charge < -0.3 is 19.1 Å². The van der Waals surface area contributed by atoms with E-state index in [0.29, 0.717) is 36.2 Å². The molecule has 1 aromatic carbocycles. The van der Waals surface area contributed by atoms with Crippen LogP contribution in [0.1, 0.15) is 34.0 Å². The molecule has 0 radical (unpaired) electrons. The topological polar surface area (TPSA) is 112 Å². The minimum absolute atomic E-state index is 0.00192. The van der Waals surface area contributed by atoms with Crippen molar-refractivity contribution < 1.29 is 36.9 Å². The number of ether oxygens (including phenoxy) is 2. The number of aromatic carboxylic acids is 1. The molecule has 13 heteroatoms. The van der Waals surface area contributed by atoms with E-state index in [2.05, 4.69) is 19.9 Å². The molecule has 1 fully saturated rings. The van der Waals surface area contributed by atoms with Gasteiger partial charge in [-0.05, 0) is 42.3 Å². The Bertz CT molecular complexity index is 1830. The Kier molecular flexibility index (Phi) is 7.25. The Morgan fingerprint density at radius 1 is 1.02 bits per heavy atom. The fourth-order valence-corrected chi connectivity index (χ4v) is 4.55. The summed E-state index contributed by atoms with van der Waals surface area (Å²) in [5, 5.41) is 9.37. The summed E-state index contributed by atoms with van der Waals surface area (Å²) in [4.78, 5) is 28.0. The average molecular weight is 580 g/mol. The molecule has 0 unspecified atom stereocenters. The number of hydrogen-bond donors (Lipinski definition) is 1. The molecule has 1 aliphatic heterocycles. The van der Waals surface area contributed by atoms with Crippen LogP contribution in [0.15, 0.2) is 54.7 Å². The lowest BCUT2D eigenvalue weighted by molar-refractivity contribution is -0.0590. The molecule has 1 N–H and O–H groups in total. The van der Waals surface area contributed by atoms with Crippen LogP contribution in [-0.2, 0) is 24.3 Å². The smallest absolute Gasteiger partial charge is 0.354 e. The molecule has 9 nitrogen and oxygen atoms in total. The molecule has 42 heavy (non-hydrogen) atoms. The van der Waals surface area contributed by atoms with Crippen LogP contribution in [0, 0.1) is 23.3 Å². The predicted molar refractivity (Wildman–Crippen MR) is 140 cm³/mol. The SMILES string of the molecule is O=C(O)c1ccc2nc(Cc3cc(F)c(-c4cccc(OCc5ncc(F)cc5F)n4)cc3F)n(C[C@@H]3CCO3)c2n1. The summed E-state index contributed by atoms with van der Waals surface area (Å²) in [7, 11) is 0. The molecule has 0 spiro atoms. The maximum Gasteiger partial charge on any atom is 0.354 e. The van der Waals surface area contributed by atoms with E-state index >= 15 is 8.78 Å². The fraction of sp³-hybridized carbons (Fsp3) is 0.207. The van der Waals surface area contributed by atoms with Crippen LogP contribution in [-0.4, -0.2) is 48.3 Å². The van der Waals surface area contributed by atoms with Crippen molar-refractivity contribution in [1.29, 1.82) is 0 Å². The van der Waals surface area contributed by atoms with E-state index in [1.807, 2.05) is 0 Å². The molecule has 214 valence electrons. The summed E-state index contributed by atoms with van der Waals surface area (Å²) in [6.45, 7) is 0.578. The fourth-order valence-electron chi connectivity index (χ4n) is 4.55.